The molecule has 0 aliphatic heterocycles. The zero-order valence-electron chi connectivity index (χ0n) is 17.3. The molecular formula is C22H22ClN5O3. The van der Waals surface area contributed by atoms with Crippen LogP contribution in [-0.2, 0) is 4.79 Å². The Hall–Kier alpha value is -3.65. The second-order valence-electron chi connectivity index (χ2n) is 7.13. The first-order valence-electron chi connectivity index (χ1n) is 9.50. The summed E-state index contributed by atoms with van der Waals surface area (Å²) in [7, 11) is 0. The molecule has 0 saturated heterocycles. The maximum Gasteiger partial charge on any atom is 0.255 e. The number of hydrogen-bond acceptors (Lipinski definition) is 4. The second-order valence-corrected chi connectivity index (χ2v) is 7.54. The number of nitrogens with one attached hydrogen (secondary N) is 2. The summed E-state index contributed by atoms with van der Waals surface area (Å²) in [6.07, 6.45) is 0. The molecular weight excluding hydrogens is 418 g/mol. The maximum absolute atomic E-state index is 12.6. The van der Waals surface area contributed by atoms with Gasteiger partial charge in [0, 0.05) is 22.5 Å². The number of aryl methyl sites for hydroxylation is 2. The highest BCUT2D eigenvalue weighted by Gasteiger charge is 2.19. The van der Waals surface area contributed by atoms with Crippen molar-refractivity contribution in [3.05, 3.63) is 76.1 Å². The SMILES string of the molecule is Cc1cc(C)n(C(C)C(=O)Nc2ccc(NC(=O)c3cccc(C(N)=O)c3)cc2Cl)n1. The Morgan fingerprint density at radius 1 is 1.03 bits per heavy atom. The highest BCUT2D eigenvalue weighted by Crippen LogP contribution is 2.27. The van der Waals surface area contributed by atoms with E-state index in [-0.39, 0.29) is 22.1 Å². The van der Waals surface area contributed by atoms with Gasteiger partial charge in [-0.05, 0) is 63.2 Å². The largest absolute Gasteiger partial charge is 0.366 e. The van der Waals surface area contributed by atoms with E-state index in [1.54, 1.807) is 35.9 Å². The lowest BCUT2D eigenvalue weighted by atomic mass is 10.1. The van der Waals surface area contributed by atoms with E-state index < -0.39 is 17.9 Å². The molecule has 3 rings (SSSR count). The van der Waals surface area contributed by atoms with E-state index in [1.807, 2.05) is 19.9 Å². The molecule has 0 fully saturated rings. The number of nitrogens with zero attached hydrogens (tertiary/aromatic N) is 2. The van der Waals surface area contributed by atoms with Crippen LogP contribution in [0.1, 0.15) is 45.1 Å². The van der Waals surface area contributed by atoms with Crippen molar-refractivity contribution in [2.45, 2.75) is 26.8 Å². The molecule has 2 aromatic carbocycles. The van der Waals surface area contributed by atoms with E-state index >= 15 is 0 Å². The van der Waals surface area contributed by atoms with Crippen LogP contribution in [0.2, 0.25) is 5.02 Å². The third-order valence-electron chi connectivity index (χ3n) is 4.69. The van der Waals surface area contributed by atoms with Crippen LogP contribution in [0.25, 0.3) is 0 Å². The number of primary amides is 1. The van der Waals surface area contributed by atoms with Gasteiger partial charge in [0.05, 0.1) is 16.4 Å². The third kappa shape index (κ3) is 5.10. The quantitative estimate of drug-likeness (QED) is 0.542. The van der Waals surface area contributed by atoms with Crippen molar-refractivity contribution in [2.75, 3.05) is 10.6 Å². The minimum atomic E-state index is -0.618. The highest BCUT2D eigenvalue weighted by molar-refractivity contribution is 6.34. The third-order valence-corrected chi connectivity index (χ3v) is 5.00. The summed E-state index contributed by atoms with van der Waals surface area (Å²) in [6, 6.07) is 12.2. The van der Waals surface area contributed by atoms with E-state index in [0.29, 0.717) is 11.4 Å². The molecule has 9 heteroatoms. The molecule has 0 spiro atoms. The zero-order valence-corrected chi connectivity index (χ0v) is 18.0. The van der Waals surface area contributed by atoms with Crippen LogP contribution >= 0.6 is 11.6 Å². The molecule has 4 N–H and O–H groups in total. The normalized spacial score (nSPS) is 11.6. The molecule has 160 valence electrons. The predicted molar refractivity (Wildman–Crippen MR) is 119 cm³/mol. The molecule has 3 aromatic rings. The van der Waals surface area contributed by atoms with Gasteiger partial charge in [-0.3, -0.25) is 19.1 Å². The van der Waals surface area contributed by atoms with Gasteiger partial charge in [-0.15, -0.1) is 0 Å². The van der Waals surface area contributed by atoms with E-state index in [9.17, 15) is 14.4 Å². The van der Waals surface area contributed by atoms with E-state index in [4.69, 9.17) is 17.3 Å². The summed E-state index contributed by atoms with van der Waals surface area (Å²) >= 11 is 6.31. The molecule has 31 heavy (non-hydrogen) atoms. The topological polar surface area (TPSA) is 119 Å². The molecule has 0 radical (unpaired) electrons. The van der Waals surface area contributed by atoms with Gasteiger partial charge in [-0.1, -0.05) is 17.7 Å². The number of anilines is 2. The molecule has 1 heterocycles. The van der Waals surface area contributed by atoms with E-state index in [0.717, 1.165) is 11.4 Å². The van der Waals surface area contributed by atoms with Crippen LogP contribution in [-0.4, -0.2) is 27.5 Å². The van der Waals surface area contributed by atoms with Crippen LogP contribution in [0.5, 0.6) is 0 Å². The standard InChI is InChI=1S/C22H22ClN5O3/c1-12-9-13(2)28(27-12)14(3)21(30)26-19-8-7-17(11-18(19)23)25-22(31)16-6-4-5-15(10-16)20(24)29/h4-11,14H,1-3H3,(H2,24,29)(H,25,31)(H,26,30). The van der Waals surface area contributed by atoms with Gasteiger partial charge in [0.15, 0.2) is 0 Å². The summed E-state index contributed by atoms with van der Waals surface area (Å²) in [5.74, 6) is -1.31. The monoisotopic (exact) mass is 439 g/mol. The minimum Gasteiger partial charge on any atom is -0.366 e. The molecule has 1 unspecified atom stereocenters. The van der Waals surface area contributed by atoms with Crippen molar-refractivity contribution in [1.29, 1.82) is 0 Å². The molecule has 0 bridgehead atoms. The molecule has 1 atom stereocenters. The number of benzene rings is 2. The van der Waals surface area contributed by atoms with Crippen molar-refractivity contribution < 1.29 is 14.4 Å². The molecule has 0 aliphatic rings. The predicted octanol–water partition coefficient (Wildman–Crippen LogP) is 3.70. The minimum absolute atomic E-state index is 0.237. The van der Waals surface area contributed by atoms with Crippen LogP contribution in [0, 0.1) is 13.8 Å². The van der Waals surface area contributed by atoms with Crippen molar-refractivity contribution in [2.24, 2.45) is 5.73 Å². The Balaban J connectivity index is 1.70. The summed E-state index contributed by atoms with van der Waals surface area (Å²) < 4.78 is 1.65. The van der Waals surface area contributed by atoms with Crippen molar-refractivity contribution in [3.8, 4) is 0 Å². The number of rotatable bonds is 6. The summed E-state index contributed by atoms with van der Waals surface area (Å²) in [5, 5.41) is 10.1. The van der Waals surface area contributed by atoms with Gasteiger partial charge < -0.3 is 16.4 Å². The van der Waals surface area contributed by atoms with Gasteiger partial charge in [0.2, 0.25) is 11.8 Å². The highest BCUT2D eigenvalue weighted by atomic mass is 35.5. The Kier molecular flexibility index (Phi) is 6.41. The lowest BCUT2D eigenvalue weighted by molar-refractivity contribution is -0.119. The Labute approximate surface area is 184 Å². The Morgan fingerprint density at radius 2 is 1.74 bits per heavy atom. The van der Waals surface area contributed by atoms with Crippen LogP contribution in [0.15, 0.2) is 48.5 Å². The zero-order chi connectivity index (χ0) is 22.7. The number of halogens is 1. The average molecular weight is 440 g/mol. The van der Waals surface area contributed by atoms with Crippen molar-refractivity contribution >= 4 is 40.7 Å². The molecule has 0 saturated carbocycles. The second kappa shape index (κ2) is 9.01. The van der Waals surface area contributed by atoms with E-state index in [2.05, 4.69) is 15.7 Å². The van der Waals surface area contributed by atoms with Gasteiger partial charge in [0.25, 0.3) is 5.91 Å². The van der Waals surface area contributed by atoms with Crippen LogP contribution in [0.3, 0.4) is 0 Å². The Morgan fingerprint density at radius 3 is 2.35 bits per heavy atom. The fourth-order valence-electron chi connectivity index (χ4n) is 3.10. The fraction of sp³-hybridized carbons (Fsp3) is 0.182. The van der Waals surface area contributed by atoms with Gasteiger partial charge >= 0.3 is 0 Å². The number of amides is 3. The molecule has 8 nitrogen and oxygen atoms in total. The van der Waals surface area contributed by atoms with E-state index in [1.165, 1.54) is 18.2 Å². The maximum atomic E-state index is 12.6. The van der Waals surface area contributed by atoms with Crippen LogP contribution in [0.4, 0.5) is 11.4 Å². The number of nitrogens with two attached hydrogens (primary N) is 1. The van der Waals surface area contributed by atoms with Crippen LogP contribution < -0.4 is 16.4 Å². The first-order chi connectivity index (χ1) is 14.7. The fourth-order valence-corrected chi connectivity index (χ4v) is 3.33. The number of carbonyl (C=O) groups excluding carboxylic acids is 3. The number of aromatic nitrogens is 2. The molecule has 1 aromatic heterocycles. The first-order valence-corrected chi connectivity index (χ1v) is 9.88. The lowest BCUT2D eigenvalue weighted by Gasteiger charge is -2.16. The van der Waals surface area contributed by atoms with Crippen molar-refractivity contribution in [3.63, 3.8) is 0 Å². The lowest BCUT2D eigenvalue weighted by Crippen LogP contribution is -2.25. The summed E-state index contributed by atoms with van der Waals surface area (Å²) in [6.45, 7) is 5.49. The van der Waals surface area contributed by atoms with Gasteiger partial charge in [-0.2, -0.15) is 5.10 Å². The summed E-state index contributed by atoms with van der Waals surface area (Å²) in [5.41, 5.74) is 8.32. The smallest absolute Gasteiger partial charge is 0.255 e. The van der Waals surface area contributed by atoms with Crippen molar-refractivity contribution in [1.82, 2.24) is 9.78 Å². The average Bonchev–Trinajstić information content (AvgIpc) is 3.07. The number of carbonyl (C=O) groups is 3. The van der Waals surface area contributed by atoms with Gasteiger partial charge in [0.1, 0.15) is 6.04 Å². The number of hydrogen-bond donors (Lipinski definition) is 3. The first kappa shape index (κ1) is 22.0. The Bertz CT molecular complexity index is 1170. The molecule has 0 aliphatic carbocycles. The molecule has 3 amide bonds. The van der Waals surface area contributed by atoms with Gasteiger partial charge in [-0.25, -0.2) is 0 Å². The summed E-state index contributed by atoms with van der Waals surface area (Å²) in [4.78, 5) is 36.4.